The Hall–Kier alpha value is -2.33. The molecule has 0 radical (unpaired) electrons. The maximum atomic E-state index is 11.4. The van der Waals surface area contributed by atoms with Gasteiger partial charge in [0.25, 0.3) is 0 Å². The summed E-state index contributed by atoms with van der Waals surface area (Å²) in [6.45, 7) is 2.30. The Balaban J connectivity index is 1.90. The smallest absolute Gasteiger partial charge is 0.337 e. The van der Waals surface area contributed by atoms with Crippen LogP contribution in [-0.4, -0.2) is 11.1 Å². The molecular weight excluding hydrogens is 284 g/mol. The largest absolute Gasteiger partial charge is 0.489 e. The minimum Gasteiger partial charge on any atom is -0.489 e. The van der Waals surface area contributed by atoms with E-state index in [9.17, 15) is 9.90 Å². The number of carboxylic acids is 1. The van der Waals surface area contributed by atoms with Crippen LogP contribution in [0, 0.1) is 6.92 Å². The molecule has 1 N–H and O–H groups in total. The Morgan fingerprint density at radius 2 is 1.95 bits per heavy atom. The minimum atomic E-state index is -0.890. The van der Waals surface area contributed by atoms with Crippen molar-refractivity contribution in [1.82, 2.24) is 0 Å². The van der Waals surface area contributed by atoms with Gasteiger partial charge in [0.2, 0.25) is 0 Å². The van der Waals surface area contributed by atoms with E-state index in [4.69, 9.17) is 4.74 Å². The molecule has 21 heavy (non-hydrogen) atoms. The van der Waals surface area contributed by atoms with Crippen LogP contribution in [0.1, 0.15) is 20.8 Å². The van der Waals surface area contributed by atoms with E-state index in [-0.39, 0.29) is 0 Å². The lowest BCUT2D eigenvalue weighted by Crippen LogP contribution is -1.97. The lowest BCUT2D eigenvalue weighted by Gasteiger charge is -2.06. The molecular formula is C17H14O3S. The first-order valence-corrected chi connectivity index (χ1v) is 7.40. The van der Waals surface area contributed by atoms with E-state index >= 15 is 0 Å². The van der Waals surface area contributed by atoms with Crippen molar-refractivity contribution in [2.24, 2.45) is 0 Å². The topological polar surface area (TPSA) is 46.5 Å². The van der Waals surface area contributed by atoms with Gasteiger partial charge in [0, 0.05) is 15.0 Å². The highest BCUT2D eigenvalue weighted by atomic mass is 32.1. The number of fused-ring (bicyclic) bond motifs is 1. The zero-order chi connectivity index (χ0) is 14.8. The summed E-state index contributed by atoms with van der Waals surface area (Å²) in [7, 11) is 0. The zero-order valence-electron chi connectivity index (χ0n) is 11.5. The summed E-state index contributed by atoms with van der Waals surface area (Å²) in [5, 5.41) is 10.1. The van der Waals surface area contributed by atoms with Crippen LogP contribution in [0.4, 0.5) is 0 Å². The average molecular weight is 298 g/mol. The molecule has 0 saturated carbocycles. The number of benzene rings is 2. The van der Waals surface area contributed by atoms with Crippen molar-refractivity contribution in [3.05, 3.63) is 64.5 Å². The Morgan fingerprint density at radius 3 is 2.67 bits per heavy atom. The number of rotatable bonds is 4. The van der Waals surface area contributed by atoms with E-state index in [2.05, 4.69) is 0 Å². The van der Waals surface area contributed by atoms with Crippen LogP contribution in [0.25, 0.3) is 10.1 Å². The summed E-state index contributed by atoms with van der Waals surface area (Å²) in [5.74, 6) is -0.203. The van der Waals surface area contributed by atoms with Gasteiger partial charge in [-0.2, -0.15) is 0 Å². The van der Waals surface area contributed by atoms with Gasteiger partial charge in [-0.05, 0) is 30.7 Å². The normalized spacial score (nSPS) is 10.7. The van der Waals surface area contributed by atoms with E-state index < -0.39 is 5.97 Å². The lowest BCUT2D eigenvalue weighted by atomic mass is 10.1. The summed E-state index contributed by atoms with van der Waals surface area (Å²) >= 11 is 1.49. The second-order valence-electron chi connectivity index (χ2n) is 4.77. The van der Waals surface area contributed by atoms with Crippen LogP contribution in [0.3, 0.4) is 0 Å². The maximum Gasteiger partial charge on any atom is 0.337 e. The summed E-state index contributed by atoms with van der Waals surface area (Å²) in [4.78, 5) is 12.2. The van der Waals surface area contributed by atoms with Crippen molar-refractivity contribution in [3.8, 4) is 5.75 Å². The summed E-state index contributed by atoms with van der Waals surface area (Å²) in [6, 6.07) is 15.5. The van der Waals surface area contributed by atoms with Crippen LogP contribution in [0.5, 0.6) is 5.75 Å². The van der Waals surface area contributed by atoms with E-state index in [1.54, 1.807) is 0 Å². The molecule has 0 fully saturated rings. The molecule has 3 nitrogen and oxygen atoms in total. The second-order valence-corrected chi connectivity index (χ2v) is 6.03. The molecule has 0 atom stereocenters. The number of carbonyl (C=O) groups is 1. The van der Waals surface area contributed by atoms with Gasteiger partial charge in [-0.1, -0.05) is 30.3 Å². The second kappa shape index (κ2) is 5.58. The van der Waals surface area contributed by atoms with E-state index in [1.165, 1.54) is 11.3 Å². The van der Waals surface area contributed by atoms with Gasteiger partial charge in [-0.3, -0.25) is 0 Å². The molecule has 1 aromatic heterocycles. The highest BCUT2D eigenvalue weighted by Gasteiger charge is 2.15. The van der Waals surface area contributed by atoms with Crippen molar-refractivity contribution in [2.75, 3.05) is 0 Å². The van der Waals surface area contributed by atoms with Gasteiger partial charge >= 0.3 is 5.97 Å². The molecule has 4 heteroatoms. The van der Waals surface area contributed by atoms with Gasteiger partial charge in [0.15, 0.2) is 0 Å². The fourth-order valence-electron chi connectivity index (χ4n) is 2.30. The molecule has 2 aromatic carbocycles. The first-order chi connectivity index (χ1) is 10.1. The number of hydrogen-bond acceptors (Lipinski definition) is 3. The molecule has 3 rings (SSSR count). The number of aryl methyl sites for hydroxylation is 1. The van der Waals surface area contributed by atoms with Crippen molar-refractivity contribution in [1.29, 1.82) is 0 Å². The first-order valence-electron chi connectivity index (χ1n) is 6.58. The number of ether oxygens (including phenoxy) is 1. The Morgan fingerprint density at radius 1 is 1.19 bits per heavy atom. The van der Waals surface area contributed by atoms with Crippen LogP contribution in [-0.2, 0) is 6.61 Å². The van der Waals surface area contributed by atoms with Crippen LogP contribution < -0.4 is 4.74 Å². The quantitative estimate of drug-likeness (QED) is 0.772. The molecule has 0 amide bonds. The third-order valence-corrected chi connectivity index (χ3v) is 4.38. The van der Waals surface area contributed by atoms with Crippen LogP contribution >= 0.6 is 11.3 Å². The van der Waals surface area contributed by atoms with Crippen molar-refractivity contribution in [2.45, 2.75) is 13.5 Å². The number of carboxylic acid groups (broad SMARTS) is 1. The van der Waals surface area contributed by atoms with E-state index in [0.717, 1.165) is 20.5 Å². The van der Waals surface area contributed by atoms with Gasteiger partial charge in [-0.15, -0.1) is 11.3 Å². The predicted molar refractivity (Wildman–Crippen MR) is 84.3 cm³/mol. The van der Waals surface area contributed by atoms with Crippen molar-refractivity contribution in [3.63, 3.8) is 0 Å². The molecule has 0 saturated heterocycles. The predicted octanol–water partition coefficient (Wildman–Crippen LogP) is 4.49. The molecule has 0 aliphatic heterocycles. The van der Waals surface area contributed by atoms with Gasteiger partial charge in [-0.25, -0.2) is 4.79 Å². The molecule has 0 aliphatic carbocycles. The van der Waals surface area contributed by atoms with Crippen molar-refractivity contribution >= 4 is 27.4 Å². The Labute approximate surface area is 126 Å². The highest BCUT2D eigenvalue weighted by molar-refractivity contribution is 7.19. The van der Waals surface area contributed by atoms with E-state index in [0.29, 0.717) is 17.9 Å². The summed E-state index contributed by atoms with van der Waals surface area (Å²) in [6.07, 6.45) is 0. The third-order valence-electron chi connectivity index (χ3n) is 3.30. The third kappa shape index (κ3) is 2.76. The fourth-order valence-corrected chi connectivity index (χ4v) is 3.33. The Kier molecular flexibility index (Phi) is 3.62. The molecule has 1 heterocycles. The van der Waals surface area contributed by atoms with Crippen LogP contribution in [0.15, 0.2) is 48.5 Å². The average Bonchev–Trinajstić information content (AvgIpc) is 2.81. The fraction of sp³-hybridized carbons (Fsp3) is 0.118. The highest BCUT2D eigenvalue weighted by Crippen LogP contribution is 2.33. The molecule has 0 spiro atoms. The maximum absolute atomic E-state index is 11.4. The van der Waals surface area contributed by atoms with Crippen molar-refractivity contribution < 1.29 is 14.6 Å². The van der Waals surface area contributed by atoms with E-state index in [1.807, 2.05) is 55.5 Å². The molecule has 0 bridgehead atoms. The summed E-state index contributed by atoms with van der Waals surface area (Å²) in [5.41, 5.74) is 1.46. The Bertz CT molecular complexity index is 790. The SMILES string of the molecule is Cc1sc2ccc(OCc3ccccc3)cc2c1C(=O)O. The number of hydrogen-bond donors (Lipinski definition) is 1. The summed E-state index contributed by atoms with van der Waals surface area (Å²) < 4.78 is 6.73. The number of aromatic carboxylic acids is 1. The van der Waals surface area contributed by atoms with Gasteiger partial charge in [0.05, 0.1) is 5.56 Å². The monoisotopic (exact) mass is 298 g/mol. The molecule has 106 valence electrons. The first kappa shape index (κ1) is 13.6. The van der Waals surface area contributed by atoms with Crippen LogP contribution in [0.2, 0.25) is 0 Å². The lowest BCUT2D eigenvalue weighted by molar-refractivity contribution is 0.0699. The molecule has 0 unspecified atom stereocenters. The minimum absolute atomic E-state index is 0.375. The van der Waals surface area contributed by atoms with Gasteiger partial charge in [0.1, 0.15) is 12.4 Å². The molecule has 0 aliphatic rings. The molecule has 3 aromatic rings. The zero-order valence-corrected chi connectivity index (χ0v) is 12.3. The standard InChI is InChI=1S/C17H14O3S/c1-11-16(17(18)19)14-9-13(7-8-15(14)21-11)20-10-12-5-3-2-4-6-12/h2-9H,10H2,1H3,(H,18,19). The van der Waals surface area contributed by atoms with Gasteiger partial charge < -0.3 is 9.84 Å². The number of thiophene rings is 1.